The molecule has 1 saturated heterocycles. The van der Waals surface area contributed by atoms with Crippen molar-refractivity contribution in [1.82, 2.24) is 10.2 Å². The summed E-state index contributed by atoms with van der Waals surface area (Å²) >= 11 is 0. The van der Waals surface area contributed by atoms with Gasteiger partial charge in [-0.3, -0.25) is 9.69 Å². The van der Waals surface area contributed by atoms with Crippen LogP contribution in [-0.2, 0) is 0 Å². The molecule has 0 aromatic heterocycles. The van der Waals surface area contributed by atoms with Gasteiger partial charge in [0, 0.05) is 29.9 Å². The molecule has 2 rings (SSSR count). The maximum atomic E-state index is 12.0. The molecule has 5 heteroatoms. The molecule has 0 aliphatic carbocycles. The van der Waals surface area contributed by atoms with Crippen molar-refractivity contribution < 1.29 is 9.59 Å². The molecule has 2 unspecified atom stereocenters. The average Bonchev–Trinajstić information content (AvgIpc) is 2.53. The van der Waals surface area contributed by atoms with Gasteiger partial charge in [0.1, 0.15) is 0 Å². The lowest BCUT2D eigenvalue weighted by molar-refractivity contribution is 0.101. The number of piperidine rings is 1. The van der Waals surface area contributed by atoms with Gasteiger partial charge in [-0.2, -0.15) is 0 Å². The third-order valence-corrected chi connectivity index (χ3v) is 4.53. The second-order valence-electron chi connectivity index (χ2n) is 6.40. The van der Waals surface area contributed by atoms with Crippen LogP contribution in [0.15, 0.2) is 24.3 Å². The van der Waals surface area contributed by atoms with E-state index in [1.807, 2.05) is 0 Å². The van der Waals surface area contributed by atoms with Gasteiger partial charge in [-0.15, -0.1) is 0 Å². The van der Waals surface area contributed by atoms with Crippen molar-refractivity contribution in [3.63, 3.8) is 0 Å². The van der Waals surface area contributed by atoms with Gasteiger partial charge < -0.3 is 10.6 Å². The Hall–Kier alpha value is -1.88. The summed E-state index contributed by atoms with van der Waals surface area (Å²) in [6.07, 6.45) is 3.77. The van der Waals surface area contributed by atoms with Crippen molar-refractivity contribution >= 4 is 17.5 Å². The highest BCUT2D eigenvalue weighted by Crippen LogP contribution is 2.18. The Labute approximate surface area is 138 Å². The van der Waals surface area contributed by atoms with Gasteiger partial charge in [-0.25, -0.2) is 4.79 Å². The Morgan fingerprint density at radius 3 is 2.57 bits per heavy atom. The van der Waals surface area contributed by atoms with Crippen LogP contribution in [0.2, 0.25) is 0 Å². The van der Waals surface area contributed by atoms with E-state index < -0.39 is 0 Å². The first-order chi connectivity index (χ1) is 11.0. The van der Waals surface area contributed by atoms with Crippen molar-refractivity contribution in [2.75, 3.05) is 18.4 Å². The fraction of sp³-hybridized carbons (Fsp3) is 0.556. The van der Waals surface area contributed by atoms with Crippen LogP contribution in [-0.4, -0.2) is 41.9 Å². The Morgan fingerprint density at radius 2 is 1.96 bits per heavy atom. The quantitative estimate of drug-likeness (QED) is 0.819. The smallest absolute Gasteiger partial charge is 0.319 e. The zero-order valence-corrected chi connectivity index (χ0v) is 14.3. The zero-order valence-electron chi connectivity index (χ0n) is 14.3. The molecule has 2 atom stereocenters. The summed E-state index contributed by atoms with van der Waals surface area (Å²) in [5.74, 6) is 0.0190. The van der Waals surface area contributed by atoms with E-state index >= 15 is 0 Å². The minimum Gasteiger partial charge on any atom is -0.336 e. The summed E-state index contributed by atoms with van der Waals surface area (Å²) in [7, 11) is 0. The lowest BCUT2D eigenvalue weighted by atomic mass is 10.0. The van der Waals surface area contributed by atoms with Crippen LogP contribution in [0.25, 0.3) is 0 Å². The van der Waals surface area contributed by atoms with E-state index in [2.05, 4.69) is 29.4 Å². The van der Waals surface area contributed by atoms with E-state index in [0.717, 1.165) is 6.54 Å². The van der Waals surface area contributed by atoms with Gasteiger partial charge in [0.2, 0.25) is 0 Å². The van der Waals surface area contributed by atoms with Gasteiger partial charge in [0.05, 0.1) is 0 Å². The van der Waals surface area contributed by atoms with Crippen LogP contribution in [0.3, 0.4) is 0 Å². The van der Waals surface area contributed by atoms with Gasteiger partial charge in [-0.05, 0) is 64.4 Å². The Morgan fingerprint density at radius 1 is 1.26 bits per heavy atom. The molecule has 0 spiro atoms. The number of hydrogen-bond acceptors (Lipinski definition) is 3. The third-order valence-electron chi connectivity index (χ3n) is 4.53. The molecule has 0 saturated carbocycles. The SMILES string of the molecule is CC(=O)c1ccc(NC(=O)NCC(C)N2CCCCC2C)cc1. The van der Waals surface area contributed by atoms with Crippen molar-refractivity contribution in [3.05, 3.63) is 29.8 Å². The van der Waals surface area contributed by atoms with E-state index in [-0.39, 0.29) is 11.8 Å². The molecule has 5 nitrogen and oxygen atoms in total. The lowest BCUT2D eigenvalue weighted by Gasteiger charge is -2.38. The van der Waals surface area contributed by atoms with Crippen LogP contribution in [0.1, 0.15) is 50.4 Å². The molecular formula is C18H27N3O2. The Balaban J connectivity index is 1.79. The molecule has 1 fully saturated rings. The topological polar surface area (TPSA) is 61.4 Å². The van der Waals surface area contributed by atoms with E-state index in [4.69, 9.17) is 0 Å². The van der Waals surface area contributed by atoms with Crippen LogP contribution in [0.4, 0.5) is 10.5 Å². The van der Waals surface area contributed by atoms with Crippen molar-refractivity contribution in [2.45, 2.75) is 52.1 Å². The summed E-state index contributed by atoms with van der Waals surface area (Å²) in [5.41, 5.74) is 1.33. The first-order valence-corrected chi connectivity index (χ1v) is 8.39. The fourth-order valence-corrected chi connectivity index (χ4v) is 3.10. The maximum Gasteiger partial charge on any atom is 0.319 e. The third kappa shape index (κ3) is 5.06. The van der Waals surface area contributed by atoms with Crippen molar-refractivity contribution in [1.29, 1.82) is 0 Å². The lowest BCUT2D eigenvalue weighted by Crippen LogP contribution is -2.49. The van der Waals surface area contributed by atoms with E-state index in [9.17, 15) is 9.59 Å². The first kappa shape index (κ1) is 17.5. The number of benzene rings is 1. The number of urea groups is 1. The summed E-state index contributed by atoms with van der Waals surface area (Å²) in [5, 5.41) is 5.73. The Kier molecular flexibility index (Phi) is 6.16. The molecule has 23 heavy (non-hydrogen) atoms. The highest BCUT2D eigenvalue weighted by Gasteiger charge is 2.23. The molecule has 1 aromatic carbocycles. The summed E-state index contributed by atoms with van der Waals surface area (Å²) in [4.78, 5) is 25.7. The normalized spacial score (nSPS) is 19.9. The monoisotopic (exact) mass is 317 g/mol. The molecule has 1 aromatic rings. The van der Waals surface area contributed by atoms with Gasteiger partial charge >= 0.3 is 6.03 Å². The van der Waals surface area contributed by atoms with E-state index in [1.54, 1.807) is 24.3 Å². The van der Waals surface area contributed by atoms with Crippen LogP contribution >= 0.6 is 0 Å². The number of carbonyl (C=O) groups is 2. The standard InChI is InChI=1S/C18H27N3O2/c1-13-6-4-5-11-21(13)14(2)12-19-18(23)20-17-9-7-16(8-10-17)15(3)22/h7-10,13-14H,4-6,11-12H2,1-3H3,(H2,19,20,23). The van der Waals surface area contributed by atoms with E-state index in [0.29, 0.717) is 29.9 Å². The number of amides is 2. The van der Waals surface area contributed by atoms with Crippen LogP contribution in [0, 0.1) is 0 Å². The molecule has 1 aliphatic rings. The number of nitrogens with zero attached hydrogens (tertiary/aromatic N) is 1. The van der Waals surface area contributed by atoms with Crippen molar-refractivity contribution in [3.8, 4) is 0 Å². The highest BCUT2D eigenvalue weighted by molar-refractivity contribution is 5.95. The number of likely N-dealkylation sites (tertiary alicyclic amines) is 1. The Bertz CT molecular complexity index is 542. The summed E-state index contributed by atoms with van der Waals surface area (Å²) in [6, 6.07) is 7.63. The molecular weight excluding hydrogens is 290 g/mol. The minimum atomic E-state index is -0.211. The molecule has 2 amide bonds. The number of rotatable bonds is 5. The highest BCUT2D eigenvalue weighted by atomic mass is 16.2. The molecule has 0 bridgehead atoms. The number of nitrogens with one attached hydrogen (secondary N) is 2. The second kappa shape index (κ2) is 8.11. The number of anilines is 1. The van der Waals surface area contributed by atoms with Crippen molar-refractivity contribution in [2.24, 2.45) is 0 Å². The number of hydrogen-bond donors (Lipinski definition) is 2. The fourth-order valence-electron chi connectivity index (χ4n) is 3.10. The zero-order chi connectivity index (χ0) is 16.8. The average molecular weight is 317 g/mol. The number of Topliss-reactive ketones (excluding diaryl/α,β-unsaturated/α-hetero) is 1. The molecule has 126 valence electrons. The van der Waals surface area contributed by atoms with Gasteiger partial charge in [0.15, 0.2) is 5.78 Å². The number of carbonyl (C=O) groups excluding carboxylic acids is 2. The van der Waals surface area contributed by atoms with Gasteiger partial charge in [0.25, 0.3) is 0 Å². The predicted molar refractivity (Wildman–Crippen MR) is 92.9 cm³/mol. The minimum absolute atomic E-state index is 0.0190. The number of ketones is 1. The van der Waals surface area contributed by atoms with Crippen LogP contribution < -0.4 is 10.6 Å². The summed E-state index contributed by atoms with van der Waals surface area (Å²) < 4.78 is 0. The van der Waals surface area contributed by atoms with Crippen LogP contribution in [0.5, 0.6) is 0 Å². The first-order valence-electron chi connectivity index (χ1n) is 8.39. The largest absolute Gasteiger partial charge is 0.336 e. The molecule has 1 heterocycles. The summed E-state index contributed by atoms with van der Waals surface area (Å²) in [6.45, 7) is 7.67. The predicted octanol–water partition coefficient (Wildman–Crippen LogP) is 3.27. The molecule has 2 N–H and O–H groups in total. The van der Waals surface area contributed by atoms with E-state index in [1.165, 1.54) is 26.2 Å². The van der Waals surface area contributed by atoms with Gasteiger partial charge in [-0.1, -0.05) is 6.42 Å². The molecule has 0 radical (unpaired) electrons. The maximum absolute atomic E-state index is 12.0. The second-order valence-corrected chi connectivity index (χ2v) is 6.40. The molecule has 1 aliphatic heterocycles.